The second-order valence-corrected chi connectivity index (χ2v) is 5.74. The maximum Gasteiger partial charge on any atom is 0.234 e. The molecule has 0 aromatic heterocycles. The van der Waals surface area contributed by atoms with Gasteiger partial charge in [0.2, 0.25) is 5.91 Å². The van der Waals surface area contributed by atoms with E-state index >= 15 is 0 Å². The highest BCUT2D eigenvalue weighted by molar-refractivity contribution is 14.1. The summed E-state index contributed by atoms with van der Waals surface area (Å²) < 4.78 is 1.21. The van der Waals surface area contributed by atoms with Crippen LogP contribution in [0.3, 0.4) is 0 Å². The molecule has 1 amide bonds. The average Bonchev–Trinajstić information content (AvgIpc) is 2.48. The number of benzene rings is 2. The molecule has 4 heteroatoms. The van der Waals surface area contributed by atoms with Gasteiger partial charge in [-0.1, -0.05) is 42.5 Å². The zero-order valence-corrected chi connectivity index (χ0v) is 13.3. The van der Waals surface area contributed by atoms with Gasteiger partial charge in [-0.15, -0.1) is 0 Å². The molecule has 2 N–H and O–H groups in total. The predicted molar refractivity (Wildman–Crippen MR) is 89.2 cm³/mol. The molecule has 0 saturated carbocycles. The number of nitrogens with one attached hydrogen (secondary N) is 2. The molecule has 2 aromatic carbocycles. The molecule has 3 nitrogen and oxygen atoms in total. The maximum atomic E-state index is 11.7. The smallest absolute Gasteiger partial charge is 0.234 e. The molecule has 2 aromatic rings. The van der Waals surface area contributed by atoms with E-state index < -0.39 is 0 Å². The van der Waals surface area contributed by atoms with Crippen LogP contribution in [0.4, 0.5) is 0 Å². The Morgan fingerprint density at radius 3 is 2.25 bits per heavy atom. The molecule has 0 aliphatic rings. The third-order valence-corrected chi connectivity index (χ3v) is 3.58. The molecule has 0 aliphatic heterocycles. The number of hydrogen-bond acceptors (Lipinski definition) is 2. The molecule has 104 valence electrons. The van der Waals surface area contributed by atoms with E-state index in [0.717, 1.165) is 5.56 Å². The Labute approximate surface area is 132 Å². The lowest BCUT2D eigenvalue weighted by molar-refractivity contribution is -0.120. The van der Waals surface area contributed by atoms with Crippen LogP contribution in [0, 0.1) is 3.57 Å². The molecular weight excluding hydrogens is 363 g/mol. The first-order valence-electron chi connectivity index (χ1n) is 6.50. The topological polar surface area (TPSA) is 41.1 Å². The Bertz CT molecular complexity index is 540. The number of hydrogen-bond donors (Lipinski definition) is 2. The molecule has 0 fully saturated rings. The number of halogens is 1. The van der Waals surface area contributed by atoms with Crippen LogP contribution >= 0.6 is 22.6 Å². The van der Waals surface area contributed by atoms with E-state index in [9.17, 15) is 4.79 Å². The van der Waals surface area contributed by atoms with E-state index in [0.29, 0.717) is 19.6 Å². The molecule has 0 heterocycles. The summed E-state index contributed by atoms with van der Waals surface area (Å²) in [6.07, 6.45) is 0. The number of carbonyl (C=O) groups is 1. The Morgan fingerprint density at radius 2 is 1.55 bits per heavy atom. The fraction of sp³-hybridized carbons (Fsp3) is 0.188. The van der Waals surface area contributed by atoms with Gasteiger partial charge in [0.25, 0.3) is 0 Å². The fourth-order valence-electron chi connectivity index (χ4n) is 1.78. The molecule has 0 spiro atoms. The number of rotatable bonds is 6. The Hall–Kier alpha value is -1.40. The van der Waals surface area contributed by atoms with Crippen molar-refractivity contribution >= 4 is 28.5 Å². The van der Waals surface area contributed by atoms with E-state index in [2.05, 4.69) is 57.5 Å². The van der Waals surface area contributed by atoms with Crippen molar-refractivity contribution in [3.8, 4) is 0 Å². The van der Waals surface area contributed by atoms with Crippen LogP contribution < -0.4 is 10.6 Å². The number of amides is 1. The maximum absolute atomic E-state index is 11.7. The van der Waals surface area contributed by atoms with Crippen molar-refractivity contribution in [2.75, 3.05) is 6.54 Å². The van der Waals surface area contributed by atoms with Crippen molar-refractivity contribution in [2.45, 2.75) is 13.1 Å². The quantitative estimate of drug-likeness (QED) is 0.757. The van der Waals surface area contributed by atoms with Crippen LogP contribution in [0.25, 0.3) is 0 Å². The van der Waals surface area contributed by atoms with Gasteiger partial charge in [-0.05, 0) is 45.9 Å². The van der Waals surface area contributed by atoms with Gasteiger partial charge in [-0.3, -0.25) is 4.79 Å². The summed E-state index contributed by atoms with van der Waals surface area (Å²) in [4.78, 5) is 11.7. The van der Waals surface area contributed by atoms with Crippen LogP contribution in [0.1, 0.15) is 11.1 Å². The van der Waals surface area contributed by atoms with E-state index in [-0.39, 0.29) is 5.91 Å². The molecule has 2 rings (SSSR count). The SMILES string of the molecule is O=C(CNCc1ccc(I)cc1)NCc1ccccc1. The monoisotopic (exact) mass is 380 g/mol. The van der Waals surface area contributed by atoms with Gasteiger partial charge in [0.15, 0.2) is 0 Å². The summed E-state index contributed by atoms with van der Waals surface area (Å²) in [5.41, 5.74) is 2.29. The van der Waals surface area contributed by atoms with Gasteiger partial charge in [-0.2, -0.15) is 0 Å². The Morgan fingerprint density at radius 1 is 0.900 bits per heavy atom. The molecule has 20 heavy (non-hydrogen) atoms. The third kappa shape index (κ3) is 5.30. The minimum absolute atomic E-state index is 0.0133. The molecular formula is C16H17IN2O. The zero-order chi connectivity index (χ0) is 14.2. The highest BCUT2D eigenvalue weighted by Gasteiger charge is 2.00. The van der Waals surface area contributed by atoms with E-state index in [4.69, 9.17) is 0 Å². The van der Waals surface area contributed by atoms with Crippen molar-refractivity contribution in [2.24, 2.45) is 0 Å². The fourth-order valence-corrected chi connectivity index (χ4v) is 2.14. The summed E-state index contributed by atoms with van der Waals surface area (Å²) in [5, 5.41) is 6.03. The van der Waals surface area contributed by atoms with Gasteiger partial charge < -0.3 is 10.6 Å². The molecule has 0 unspecified atom stereocenters. The first kappa shape index (κ1) is 15.0. The highest BCUT2D eigenvalue weighted by atomic mass is 127. The molecule has 0 bridgehead atoms. The van der Waals surface area contributed by atoms with Gasteiger partial charge in [0, 0.05) is 16.7 Å². The van der Waals surface area contributed by atoms with Gasteiger partial charge >= 0.3 is 0 Å². The first-order chi connectivity index (χ1) is 9.74. The summed E-state index contributed by atoms with van der Waals surface area (Å²) in [6, 6.07) is 18.2. The van der Waals surface area contributed by atoms with Crippen molar-refractivity contribution in [3.05, 3.63) is 69.3 Å². The van der Waals surface area contributed by atoms with E-state index in [1.54, 1.807) is 0 Å². The Kier molecular flexibility index (Phi) is 6.01. The zero-order valence-electron chi connectivity index (χ0n) is 11.1. The van der Waals surface area contributed by atoms with Crippen LogP contribution in [-0.4, -0.2) is 12.5 Å². The standard InChI is InChI=1S/C16H17IN2O/c17-15-8-6-14(7-9-15)10-18-12-16(20)19-11-13-4-2-1-3-5-13/h1-9,18H,10-12H2,(H,19,20). The highest BCUT2D eigenvalue weighted by Crippen LogP contribution is 2.06. The van der Waals surface area contributed by atoms with Crippen LogP contribution in [-0.2, 0) is 17.9 Å². The largest absolute Gasteiger partial charge is 0.351 e. The van der Waals surface area contributed by atoms with E-state index in [1.165, 1.54) is 9.13 Å². The predicted octanol–water partition coefficient (Wildman–Crippen LogP) is 2.70. The van der Waals surface area contributed by atoms with Crippen molar-refractivity contribution < 1.29 is 4.79 Å². The second-order valence-electron chi connectivity index (χ2n) is 4.49. The first-order valence-corrected chi connectivity index (χ1v) is 7.58. The lowest BCUT2D eigenvalue weighted by Gasteiger charge is -2.07. The summed E-state index contributed by atoms with van der Waals surface area (Å²) >= 11 is 2.28. The molecule has 0 saturated heterocycles. The number of carbonyl (C=O) groups excluding carboxylic acids is 1. The van der Waals surface area contributed by atoms with Gasteiger partial charge in [0.05, 0.1) is 6.54 Å². The van der Waals surface area contributed by atoms with E-state index in [1.807, 2.05) is 30.3 Å². The van der Waals surface area contributed by atoms with Gasteiger partial charge in [0.1, 0.15) is 0 Å². The minimum atomic E-state index is 0.0133. The lowest BCUT2D eigenvalue weighted by Crippen LogP contribution is -2.33. The van der Waals surface area contributed by atoms with Crippen LogP contribution in [0.5, 0.6) is 0 Å². The average molecular weight is 380 g/mol. The van der Waals surface area contributed by atoms with Crippen molar-refractivity contribution in [1.82, 2.24) is 10.6 Å². The second kappa shape index (κ2) is 8.01. The molecule has 0 radical (unpaired) electrons. The van der Waals surface area contributed by atoms with Crippen LogP contribution in [0.2, 0.25) is 0 Å². The Balaban J connectivity index is 1.66. The van der Waals surface area contributed by atoms with Crippen molar-refractivity contribution in [1.29, 1.82) is 0 Å². The normalized spacial score (nSPS) is 10.2. The summed E-state index contributed by atoms with van der Waals surface area (Å²) in [5.74, 6) is 0.0133. The lowest BCUT2D eigenvalue weighted by atomic mass is 10.2. The van der Waals surface area contributed by atoms with Crippen molar-refractivity contribution in [3.63, 3.8) is 0 Å². The minimum Gasteiger partial charge on any atom is -0.351 e. The third-order valence-electron chi connectivity index (χ3n) is 2.86. The summed E-state index contributed by atoms with van der Waals surface area (Å²) in [7, 11) is 0. The van der Waals surface area contributed by atoms with Gasteiger partial charge in [-0.25, -0.2) is 0 Å². The molecule has 0 aliphatic carbocycles. The summed E-state index contributed by atoms with van der Waals surface area (Å²) in [6.45, 7) is 1.61. The van der Waals surface area contributed by atoms with Crippen LogP contribution in [0.15, 0.2) is 54.6 Å². The molecule has 0 atom stereocenters.